The molecule has 0 amide bonds. The van der Waals surface area contributed by atoms with Crippen LogP contribution in [0.4, 0.5) is 0 Å². The van der Waals surface area contributed by atoms with Crippen LogP contribution in [0.1, 0.15) is 11.3 Å². The summed E-state index contributed by atoms with van der Waals surface area (Å²) in [4.78, 5) is 9.11. The van der Waals surface area contributed by atoms with E-state index in [2.05, 4.69) is 20.3 Å². The molecule has 0 fully saturated rings. The normalized spacial score (nSPS) is 11.1. The molecule has 0 atom stereocenters. The Bertz CT molecular complexity index is 1150. The summed E-state index contributed by atoms with van der Waals surface area (Å²) >= 11 is 0. The lowest BCUT2D eigenvalue weighted by molar-refractivity contribution is 0.314. The Kier molecular flexibility index (Phi) is 5.07. The van der Waals surface area contributed by atoms with E-state index in [-0.39, 0.29) is 0 Å². The van der Waals surface area contributed by atoms with Crippen molar-refractivity contribution in [1.29, 1.82) is 0 Å². The summed E-state index contributed by atoms with van der Waals surface area (Å²) in [5, 5.41) is 7.60. The molecule has 4 aromatic rings. The van der Waals surface area contributed by atoms with Gasteiger partial charge >= 0.3 is 0 Å². The van der Waals surface area contributed by atoms with Crippen LogP contribution in [0.25, 0.3) is 34.7 Å². The van der Waals surface area contributed by atoms with Crippen molar-refractivity contribution in [3.05, 3.63) is 53.7 Å². The van der Waals surface area contributed by atoms with E-state index >= 15 is 0 Å². The third kappa shape index (κ3) is 3.60. The highest BCUT2D eigenvalue weighted by atomic mass is 16.6. The molecule has 0 aliphatic heterocycles. The molecule has 2 heterocycles. The fourth-order valence-electron chi connectivity index (χ4n) is 2.93. The maximum atomic E-state index is 5.51. The molecular weight excluding hydrogens is 372 g/mol. The van der Waals surface area contributed by atoms with Gasteiger partial charge in [-0.05, 0) is 22.5 Å². The molecule has 0 saturated heterocycles. The molecule has 8 heteroatoms. The van der Waals surface area contributed by atoms with Crippen molar-refractivity contribution in [3.63, 3.8) is 0 Å². The summed E-state index contributed by atoms with van der Waals surface area (Å²) in [6.45, 7) is 0. The smallest absolute Gasteiger partial charge is 0.243 e. The number of aromatic nitrogens is 4. The quantitative estimate of drug-likeness (QED) is 0.490. The van der Waals surface area contributed by atoms with Gasteiger partial charge in [0, 0.05) is 17.7 Å². The molecule has 29 heavy (non-hydrogen) atoms. The lowest BCUT2D eigenvalue weighted by Crippen LogP contribution is -1.96. The van der Waals surface area contributed by atoms with Crippen molar-refractivity contribution in [2.45, 2.75) is 0 Å². The molecule has 2 aromatic carbocycles. The standard InChI is InChI=1S/C21H18N4O4/c1-26-14-11-17(27-2)15(18(12-14)28-3)9-10-16-19(13-7-5-4-6-8-13)23-21-20(22-16)24-29-25-21/h4-12H,1-3H3/b10-9+. The Labute approximate surface area is 166 Å². The van der Waals surface area contributed by atoms with Gasteiger partial charge in [-0.3, -0.25) is 0 Å². The average Bonchev–Trinajstić information content (AvgIpc) is 3.24. The molecule has 0 radical (unpaired) electrons. The van der Waals surface area contributed by atoms with Gasteiger partial charge in [0.25, 0.3) is 0 Å². The third-order valence-electron chi connectivity index (χ3n) is 4.35. The fraction of sp³-hybridized carbons (Fsp3) is 0.143. The first-order valence-corrected chi connectivity index (χ1v) is 8.77. The van der Waals surface area contributed by atoms with Crippen LogP contribution in [0.3, 0.4) is 0 Å². The summed E-state index contributed by atoms with van der Waals surface area (Å²) in [7, 11) is 4.77. The predicted octanol–water partition coefficient (Wildman–Crippen LogP) is 3.88. The van der Waals surface area contributed by atoms with E-state index in [1.165, 1.54) is 0 Å². The van der Waals surface area contributed by atoms with Gasteiger partial charge in [-0.25, -0.2) is 14.6 Å². The lowest BCUT2D eigenvalue weighted by Gasteiger charge is -2.12. The number of rotatable bonds is 6. The minimum Gasteiger partial charge on any atom is -0.496 e. The number of hydrogen-bond acceptors (Lipinski definition) is 8. The summed E-state index contributed by atoms with van der Waals surface area (Å²) < 4.78 is 21.1. The first-order valence-electron chi connectivity index (χ1n) is 8.77. The summed E-state index contributed by atoms with van der Waals surface area (Å²) in [6, 6.07) is 13.3. The van der Waals surface area contributed by atoms with Gasteiger partial charge in [-0.1, -0.05) is 30.3 Å². The van der Waals surface area contributed by atoms with Crippen LogP contribution < -0.4 is 14.2 Å². The van der Waals surface area contributed by atoms with E-state index in [9.17, 15) is 0 Å². The van der Waals surface area contributed by atoms with Crippen LogP contribution >= 0.6 is 0 Å². The molecule has 0 spiro atoms. The van der Waals surface area contributed by atoms with E-state index in [0.29, 0.717) is 39.9 Å². The second-order valence-corrected chi connectivity index (χ2v) is 6.01. The SMILES string of the molecule is COc1cc(OC)c(/C=C/c2nc3nonc3nc2-c2ccccc2)c(OC)c1. The summed E-state index contributed by atoms with van der Waals surface area (Å²) in [5.41, 5.74) is 3.60. The second kappa shape index (κ2) is 7.97. The van der Waals surface area contributed by atoms with Crippen molar-refractivity contribution in [1.82, 2.24) is 20.3 Å². The lowest BCUT2D eigenvalue weighted by atomic mass is 10.1. The number of fused-ring (bicyclic) bond motifs is 1. The van der Waals surface area contributed by atoms with Crippen molar-refractivity contribution >= 4 is 23.4 Å². The zero-order valence-electron chi connectivity index (χ0n) is 16.1. The number of hydrogen-bond donors (Lipinski definition) is 0. The number of nitrogens with zero attached hydrogens (tertiary/aromatic N) is 4. The zero-order chi connectivity index (χ0) is 20.2. The molecule has 0 aliphatic carbocycles. The second-order valence-electron chi connectivity index (χ2n) is 6.01. The highest BCUT2D eigenvalue weighted by Gasteiger charge is 2.14. The molecule has 146 valence electrons. The Balaban J connectivity index is 1.85. The van der Waals surface area contributed by atoms with Crippen LogP contribution in [0, 0.1) is 0 Å². The van der Waals surface area contributed by atoms with Gasteiger partial charge in [-0.15, -0.1) is 0 Å². The van der Waals surface area contributed by atoms with Gasteiger partial charge < -0.3 is 14.2 Å². The van der Waals surface area contributed by atoms with Crippen molar-refractivity contribution in [3.8, 4) is 28.5 Å². The van der Waals surface area contributed by atoms with Gasteiger partial charge in [-0.2, -0.15) is 0 Å². The van der Waals surface area contributed by atoms with E-state index in [1.54, 1.807) is 33.5 Å². The third-order valence-corrected chi connectivity index (χ3v) is 4.35. The van der Waals surface area contributed by atoms with Gasteiger partial charge in [0.15, 0.2) is 0 Å². The van der Waals surface area contributed by atoms with Gasteiger partial charge in [0.1, 0.15) is 17.2 Å². The number of ether oxygens (including phenoxy) is 3. The van der Waals surface area contributed by atoms with Crippen molar-refractivity contribution in [2.24, 2.45) is 0 Å². The fourth-order valence-corrected chi connectivity index (χ4v) is 2.93. The molecule has 0 bridgehead atoms. The summed E-state index contributed by atoms with van der Waals surface area (Å²) in [5.74, 6) is 1.85. The van der Waals surface area contributed by atoms with E-state index < -0.39 is 0 Å². The van der Waals surface area contributed by atoms with Gasteiger partial charge in [0.05, 0.1) is 38.3 Å². The van der Waals surface area contributed by atoms with Crippen LogP contribution in [0.5, 0.6) is 17.2 Å². The predicted molar refractivity (Wildman–Crippen MR) is 108 cm³/mol. The monoisotopic (exact) mass is 390 g/mol. The van der Waals surface area contributed by atoms with E-state index in [4.69, 9.17) is 18.8 Å². The highest BCUT2D eigenvalue weighted by Crippen LogP contribution is 2.36. The molecule has 2 aromatic heterocycles. The highest BCUT2D eigenvalue weighted by molar-refractivity contribution is 5.83. The first kappa shape index (κ1) is 18.4. The average molecular weight is 390 g/mol. The van der Waals surface area contributed by atoms with Crippen molar-refractivity contribution in [2.75, 3.05) is 21.3 Å². The van der Waals surface area contributed by atoms with Crippen LogP contribution in [0.2, 0.25) is 0 Å². The van der Waals surface area contributed by atoms with Gasteiger partial charge in [0.2, 0.25) is 11.3 Å². The number of methoxy groups -OCH3 is 3. The Morgan fingerprint density at radius 1 is 0.793 bits per heavy atom. The van der Waals surface area contributed by atoms with E-state index in [1.807, 2.05) is 42.5 Å². The summed E-state index contributed by atoms with van der Waals surface area (Å²) in [6.07, 6.45) is 3.68. The minimum absolute atomic E-state index is 0.331. The largest absolute Gasteiger partial charge is 0.496 e. The Morgan fingerprint density at radius 2 is 1.45 bits per heavy atom. The molecule has 0 N–H and O–H groups in total. The van der Waals surface area contributed by atoms with Crippen LogP contribution in [-0.4, -0.2) is 41.6 Å². The molecule has 0 unspecified atom stereocenters. The molecule has 0 aliphatic rings. The minimum atomic E-state index is 0.331. The number of benzene rings is 2. The topological polar surface area (TPSA) is 92.4 Å². The van der Waals surface area contributed by atoms with Crippen LogP contribution in [0.15, 0.2) is 47.1 Å². The molecule has 0 saturated carbocycles. The molecular formula is C21H18N4O4. The Hall–Kier alpha value is -3.94. The van der Waals surface area contributed by atoms with Crippen molar-refractivity contribution < 1.29 is 18.8 Å². The first-order chi connectivity index (χ1) is 14.2. The Morgan fingerprint density at radius 3 is 2.07 bits per heavy atom. The maximum absolute atomic E-state index is 5.51. The maximum Gasteiger partial charge on any atom is 0.243 e. The molecule has 8 nitrogen and oxygen atoms in total. The molecule has 4 rings (SSSR count). The van der Waals surface area contributed by atoms with Crippen LogP contribution in [-0.2, 0) is 0 Å². The zero-order valence-corrected chi connectivity index (χ0v) is 16.1. The van der Waals surface area contributed by atoms with E-state index in [0.717, 1.165) is 11.1 Å².